The van der Waals surface area contributed by atoms with Crippen LogP contribution in [0.15, 0.2) is 176 Å². The topological polar surface area (TPSA) is 57.4 Å². The van der Waals surface area contributed by atoms with Gasteiger partial charge >= 0.3 is 0 Å². The number of fused-ring (bicyclic) bond motifs is 11. The zero-order valence-corrected chi connectivity index (χ0v) is 30.8. The second-order valence-corrected chi connectivity index (χ2v) is 13.2. The molecule has 8 aromatic rings. The molecule has 0 fully saturated rings. The molecule has 5 heteroatoms. The standard InChI is InChI=1S/C48H32N4.Pt/c1-5-15-31(16-6-1)40-28-37-27-35-25-26-36(49-35)29-41-38-23-13-14-24-39(38)42(51-41)30-43-44(32-17-7-2-8-18-32)45(33-19-9-3-10-20-33)48(52-43)46(47(40)50-37)34-21-11-4-12-22-34;/h1-30,49,52H;. The Labute approximate surface area is 321 Å². The van der Waals surface area contributed by atoms with E-state index in [0.29, 0.717) is 0 Å². The summed E-state index contributed by atoms with van der Waals surface area (Å²) in [4.78, 5) is 18.4. The molecule has 0 saturated carbocycles. The Kier molecular flexibility index (Phi) is 8.38. The fourth-order valence-corrected chi connectivity index (χ4v) is 7.60. The second kappa shape index (κ2) is 13.7. The smallest absolute Gasteiger partial charge is 0.0815 e. The van der Waals surface area contributed by atoms with E-state index in [1.54, 1.807) is 0 Å². The van der Waals surface area contributed by atoms with Gasteiger partial charge in [-0.2, -0.15) is 0 Å². The van der Waals surface area contributed by atoms with E-state index in [4.69, 9.17) is 9.97 Å². The zero-order chi connectivity index (χ0) is 34.4. The van der Waals surface area contributed by atoms with Gasteiger partial charge in [-0.15, -0.1) is 0 Å². The molecule has 2 N–H and O–H groups in total. The van der Waals surface area contributed by atoms with Crippen molar-refractivity contribution in [1.82, 2.24) is 19.9 Å². The molecule has 5 heterocycles. The molecule has 2 aliphatic rings. The largest absolute Gasteiger partial charge is 0.355 e. The minimum atomic E-state index is 0. The SMILES string of the molecule is C1=C(c2ccccc2)c2nc1cc1ccc(cc3nc(cc4[nH]c(c2-c2ccccc2)c(-c2ccccc2)c4-c2ccccc2)-c2ccccc2-3)[nH]1.[Pt]. The molecule has 10 rings (SSSR count). The first kappa shape index (κ1) is 32.5. The molecule has 3 aromatic heterocycles. The average molecular weight is 860 g/mol. The second-order valence-electron chi connectivity index (χ2n) is 13.2. The number of nitrogens with zero attached hydrogens (tertiary/aromatic N) is 2. The van der Waals surface area contributed by atoms with Gasteiger partial charge in [0, 0.05) is 71.0 Å². The van der Waals surface area contributed by atoms with Crippen LogP contribution in [-0.2, 0) is 21.1 Å². The van der Waals surface area contributed by atoms with Gasteiger partial charge < -0.3 is 9.97 Å². The van der Waals surface area contributed by atoms with Crippen LogP contribution < -0.4 is 0 Å². The molecule has 5 aromatic carbocycles. The van der Waals surface area contributed by atoms with Gasteiger partial charge in [-0.3, -0.25) is 0 Å². The van der Waals surface area contributed by atoms with E-state index in [-0.39, 0.29) is 21.1 Å². The van der Waals surface area contributed by atoms with E-state index in [1.165, 1.54) is 0 Å². The molecule has 0 atom stereocenters. The number of benzene rings is 5. The molecule has 0 spiro atoms. The summed E-state index contributed by atoms with van der Waals surface area (Å²) in [6, 6.07) is 61.9. The van der Waals surface area contributed by atoms with Crippen molar-refractivity contribution in [1.29, 1.82) is 0 Å². The zero-order valence-electron chi connectivity index (χ0n) is 28.5. The molecular weight excluding hydrogens is 828 g/mol. The molecule has 0 saturated heterocycles. The van der Waals surface area contributed by atoms with E-state index in [9.17, 15) is 0 Å². The third-order valence-corrected chi connectivity index (χ3v) is 9.90. The number of rotatable bonds is 4. The Balaban J connectivity index is 0.00000372. The molecule has 2 aliphatic heterocycles. The Morgan fingerprint density at radius 2 is 0.887 bits per heavy atom. The predicted molar refractivity (Wildman–Crippen MR) is 215 cm³/mol. The first-order valence-corrected chi connectivity index (χ1v) is 17.6. The summed E-state index contributed by atoms with van der Waals surface area (Å²) in [6.45, 7) is 0. The van der Waals surface area contributed by atoms with E-state index in [0.717, 1.165) is 100 Å². The average Bonchev–Trinajstić information content (AvgIpc) is 3.99. The summed E-state index contributed by atoms with van der Waals surface area (Å²) >= 11 is 0. The predicted octanol–water partition coefficient (Wildman–Crippen LogP) is 12.2. The van der Waals surface area contributed by atoms with Crippen molar-refractivity contribution in [3.05, 3.63) is 193 Å². The van der Waals surface area contributed by atoms with Gasteiger partial charge in [0.25, 0.3) is 0 Å². The fraction of sp³-hybridized carbons (Fsp3) is 0. The van der Waals surface area contributed by atoms with Crippen molar-refractivity contribution in [2.24, 2.45) is 0 Å². The van der Waals surface area contributed by atoms with Crippen LogP contribution in [0.5, 0.6) is 0 Å². The summed E-state index contributed by atoms with van der Waals surface area (Å²) in [5.74, 6) is 0. The Morgan fingerprint density at radius 1 is 0.396 bits per heavy atom. The van der Waals surface area contributed by atoms with Crippen molar-refractivity contribution >= 4 is 33.7 Å². The van der Waals surface area contributed by atoms with Gasteiger partial charge in [-0.05, 0) is 58.7 Å². The summed E-state index contributed by atoms with van der Waals surface area (Å²) in [6.07, 6.45) is 2.21. The van der Waals surface area contributed by atoms with Gasteiger partial charge in [0.2, 0.25) is 0 Å². The number of aromatic amines is 2. The third-order valence-electron chi connectivity index (χ3n) is 9.90. The molecule has 0 amide bonds. The quantitative estimate of drug-likeness (QED) is 0.185. The monoisotopic (exact) mass is 859 g/mol. The Hall–Kier alpha value is -6.35. The van der Waals surface area contributed by atoms with Crippen LogP contribution in [0.25, 0.3) is 89.6 Å². The summed E-state index contributed by atoms with van der Waals surface area (Å²) in [5, 5.41) is 0. The van der Waals surface area contributed by atoms with Crippen LogP contribution in [0.3, 0.4) is 0 Å². The fourth-order valence-electron chi connectivity index (χ4n) is 7.60. The normalized spacial score (nSPS) is 11.7. The van der Waals surface area contributed by atoms with Crippen molar-refractivity contribution in [2.75, 3.05) is 0 Å². The number of hydrogen-bond donors (Lipinski definition) is 2. The first-order chi connectivity index (χ1) is 25.8. The number of nitrogens with one attached hydrogen (secondary N) is 2. The first-order valence-electron chi connectivity index (χ1n) is 17.6. The van der Waals surface area contributed by atoms with Crippen LogP contribution in [0.1, 0.15) is 17.0 Å². The van der Waals surface area contributed by atoms with E-state index in [2.05, 4.69) is 192 Å². The number of H-pyrrole nitrogens is 2. The molecule has 0 unspecified atom stereocenters. The maximum atomic E-state index is 5.47. The Bertz CT molecular complexity index is 2820. The van der Waals surface area contributed by atoms with Gasteiger partial charge in [-0.25, -0.2) is 9.97 Å². The number of aromatic nitrogens is 4. The number of hydrogen-bond acceptors (Lipinski definition) is 2. The van der Waals surface area contributed by atoms with E-state index < -0.39 is 0 Å². The minimum Gasteiger partial charge on any atom is -0.355 e. The van der Waals surface area contributed by atoms with Crippen molar-refractivity contribution < 1.29 is 21.1 Å². The minimum absolute atomic E-state index is 0. The van der Waals surface area contributed by atoms with Gasteiger partial charge in [0.1, 0.15) is 0 Å². The molecule has 0 aliphatic carbocycles. The molecule has 53 heavy (non-hydrogen) atoms. The van der Waals surface area contributed by atoms with Gasteiger partial charge in [-0.1, -0.05) is 146 Å². The van der Waals surface area contributed by atoms with Crippen LogP contribution >= 0.6 is 0 Å². The maximum Gasteiger partial charge on any atom is 0.0815 e. The Morgan fingerprint density at radius 3 is 1.49 bits per heavy atom. The molecule has 4 nitrogen and oxygen atoms in total. The van der Waals surface area contributed by atoms with Crippen LogP contribution in [0.2, 0.25) is 0 Å². The summed E-state index contributed by atoms with van der Waals surface area (Å²) in [7, 11) is 0. The molecule has 254 valence electrons. The van der Waals surface area contributed by atoms with E-state index >= 15 is 0 Å². The van der Waals surface area contributed by atoms with Crippen molar-refractivity contribution in [3.8, 4) is 55.9 Å². The van der Waals surface area contributed by atoms with E-state index in [1.807, 2.05) is 0 Å². The summed E-state index contributed by atoms with van der Waals surface area (Å²) in [5.41, 5.74) is 18.6. The van der Waals surface area contributed by atoms with Crippen molar-refractivity contribution in [3.63, 3.8) is 0 Å². The summed E-state index contributed by atoms with van der Waals surface area (Å²) < 4.78 is 0. The van der Waals surface area contributed by atoms with Crippen LogP contribution in [0.4, 0.5) is 0 Å². The third kappa shape index (κ3) is 5.88. The van der Waals surface area contributed by atoms with Crippen molar-refractivity contribution in [2.45, 2.75) is 0 Å². The molecule has 0 radical (unpaired) electrons. The van der Waals surface area contributed by atoms with Gasteiger partial charge in [0.05, 0.1) is 28.3 Å². The van der Waals surface area contributed by atoms with Crippen LogP contribution in [-0.4, -0.2) is 19.9 Å². The maximum absolute atomic E-state index is 5.47. The van der Waals surface area contributed by atoms with Gasteiger partial charge in [0.15, 0.2) is 0 Å². The molecular formula is C48H32N4Pt. The molecule has 8 bridgehead atoms. The van der Waals surface area contributed by atoms with Crippen LogP contribution in [0, 0.1) is 0 Å².